The van der Waals surface area contributed by atoms with Crippen molar-refractivity contribution in [1.29, 1.82) is 0 Å². The molecule has 1 aliphatic rings. The number of carboxylic acid groups (broad SMARTS) is 1. The van der Waals surface area contributed by atoms with Crippen molar-refractivity contribution in [2.45, 2.75) is 18.8 Å². The van der Waals surface area contributed by atoms with Gasteiger partial charge in [0, 0.05) is 17.8 Å². The van der Waals surface area contributed by atoms with Crippen LogP contribution in [0.2, 0.25) is 0 Å². The van der Waals surface area contributed by atoms with Gasteiger partial charge in [0.15, 0.2) is 0 Å². The number of carbonyl (C=O) groups is 1. The van der Waals surface area contributed by atoms with Crippen molar-refractivity contribution in [3.8, 4) is 0 Å². The minimum absolute atomic E-state index is 0.0516. The van der Waals surface area contributed by atoms with E-state index in [1.165, 1.54) is 18.2 Å². The van der Waals surface area contributed by atoms with Crippen LogP contribution in [0.4, 0.5) is 11.4 Å². The zero-order chi connectivity index (χ0) is 12.8. The number of nitro groups is 1. The van der Waals surface area contributed by atoms with E-state index in [0.29, 0.717) is 17.7 Å². The number of aliphatic carboxylic acids is 1. The highest BCUT2D eigenvalue weighted by molar-refractivity contribution is 5.88. The van der Waals surface area contributed by atoms with Crippen LogP contribution in [0.25, 0.3) is 0 Å². The summed E-state index contributed by atoms with van der Waals surface area (Å²) >= 11 is 0. The maximum Gasteiger partial charge on any atom is 0.314 e. The van der Waals surface area contributed by atoms with Crippen LogP contribution in [0, 0.1) is 16.0 Å². The van der Waals surface area contributed by atoms with Gasteiger partial charge in [-0.05, 0) is 24.0 Å². The Hall–Kier alpha value is -2.11. The van der Waals surface area contributed by atoms with Crippen molar-refractivity contribution in [1.82, 2.24) is 0 Å². The van der Waals surface area contributed by atoms with Gasteiger partial charge in [-0.25, -0.2) is 0 Å². The zero-order valence-corrected chi connectivity index (χ0v) is 9.21. The van der Waals surface area contributed by atoms with E-state index < -0.39 is 16.3 Å². The molecule has 0 amide bonds. The molecule has 0 aromatic heterocycles. The first-order valence-corrected chi connectivity index (χ1v) is 5.17. The molecule has 1 aromatic carbocycles. The molecule has 0 saturated heterocycles. The van der Waals surface area contributed by atoms with Crippen LogP contribution in [0.3, 0.4) is 0 Å². The molecule has 3 N–H and O–H groups in total. The van der Waals surface area contributed by atoms with Gasteiger partial charge in [0.1, 0.15) is 0 Å². The van der Waals surface area contributed by atoms with E-state index in [0.717, 1.165) is 0 Å². The average molecular weight is 236 g/mol. The van der Waals surface area contributed by atoms with Crippen LogP contribution in [0.5, 0.6) is 0 Å². The van der Waals surface area contributed by atoms with Gasteiger partial charge < -0.3 is 10.8 Å². The fourth-order valence-electron chi connectivity index (χ4n) is 2.26. The Morgan fingerprint density at radius 1 is 1.65 bits per heavy atom. The normalized spacial score (nSPS) is 26.5. The molecule has 6 nitrogen and oxygen atoms in total. The molecule has 90 valence electrons. The third-order valence-corrected chi connectivity index (χ3v) is 3.42. The molecule has 0 radical (unpaired) electrons. The van der Waals surface area contributed by atoms with Crippen molar-refractivity contribution in [2.75, 3.05) is 5.73 Å². The highest BCUT2D eigenvalue weighted by Gasteiger charge is 2.60. The number of benzene rings is 1. The second-order valence-electron chi connectivity index (χ2n) is 4.41. The maximum atomic E-state index is 11.3. The number of hydrogen-bond acceptors (Lipinski definition) is 4. The molecule has 0 heterocycles. The minimum atomic E-state index is -1.05. The maximum absolute atomic E-state index is 11.3. The quantitative estimate of drug-likeness (QED) is 0.470. The van der Waals surface area contributed by atoms with Crippen molar-refractivity contribution in [2.24, 2.45) is 5.92 Å². The molecular formula is C11H12N2O4. The number of nitrogens with two attached hydrogens (primary N) is 1. The lowest BCUT2D eigenvalue weighted by Gasteiger charge is -2.14. The summed E-state index contributed by atoms with van der Waals surface area (Å²) in [6.07, 6.45) is 0.466. The molecule has 1 aliphatic carbocycles. The molecular weight excluding hydrogens is 224 g/mol. The van der Waals surface area contributed by atoms with Gasteiger partial charge in [0.2, 0.25) is 0 Å². The Bertz CT molecular complexity index is 514. The number of nitro benzene ring substituents is 1. The molecule has 0 spiro atoms. The highest BCUT2D eigenvalue weighted by atomic mass is 16.6. The third kappa shape index (κ3) is 1.52. The molecule has 1 saturated carbocycles. The fourth-order valence-corrected chi connectivity index (χ4v) is 2.26. The highest BCUT2D eigenvalue weighted by Crippen LogP contribution is 2.56. The first kappa shape index (κ1) is 11.4. The second-order valence-corrected chi connectivity index (χ2v) is 4.41. The number of carboxylic acids is 1. The molecule has 2 atom stereocenters. The summed E-state index contributed by atoms with van der Waals surface area (Å²) in [5.74, 6) is -1.03. The Kier molecular flexibility index (Phi) is 2.30. The summed E-state index contributed by atoms with van der Waals surface area (Å²) in [6, 6.07) is 3.94. The van der Waals surface area contributed by atoms with Crippen molar-refractivity contribution >= 4 is 17.3 Å². The lowest BCUT2D eigenvalue weighted by Crippen LogP contribution is -2.23. The number of rotatable bonds is 3. The van der Waals surface area contributed by atoms with Gasteiger partial charge >= 0.3 is 5.97 Å². The van der Waals surface area contributed by atoms with Crippen molar-refractivity contribution in [3.63, 3.8) is 0 Å². The summed E-state index contributed by atoms with van der Waals surface area (Å²) in [4.78, 5) is 21.4. The average Bonchev–Trinajstić information content (AvgIpc) is 2.91. The largest absolute Gasteiger partial charge is 0.481 e. The van der Waals surface area contributed by atoms with E-state index in [1.807, 2.05) is 0 Å². The number of nitrogen functional groups attached to an aromatic ring is 1. The Morgan fingerprint density at radius 2 is 2.24 bits per heavy atom. The Morgan fingerprint density at radius 3 is 2.65 bits per heavy atom. The van der Waals surface area contributed by atoms with E-state index in [9.17, 15) is 20.0 Å². The van der Waals surface area contributed by atoms with Crippen molar-refractivity contribution < 1.29 is 14.8 Å². The first-order chi connectivity index (χ1) is 7.89. The van der Waals surface area contributed by atoms with Crippen molar-refractivity contribution in [3.05, 3.63) is 33.9 Å². The van der Waals surface area contributed by atoms with Crippen LogP contribution >= 0.6 is 0 Å². The van der Waals surface area contributed by atoms with Crippen LogP contribution in [0.15, 0.2) is 18.2 Å². The Balaban J connectivity index is 2.55. The van der Waals surface area contributed by atoms with Gasteiger partial charge in [-0.3, -0.25) is 14.9 Å². The predicted octanol–water partition coefficient (Wildman–Crippen LogP) is 1.54. The zero-order valence-electron chi connectivity index (χ0n) is 9.21. The number of anilines is 1. The van der Waals surface area contributed by atoms with E-state index in [1.54, 1.807) is 6.92 Å². The summed E-state index contributed by atoms with van der Waals surface area (Å²) in [7, 11) is 0. The molecule has 1 fully saturated rings. The summed E-state index contributed by atoms with van der Waals surface area (Å²) in [6.45, 7) is 1.80. The third-order valence-electron chi connectivity index (χ3n) is 3.42. The molecule has 0 bridgehead atoms. The van der Waals surface area contributed by atoms with Crippen LogP contribution in [-0.4, -0.2) is 16.0 Å². The van der Waals surface area contributed by atoms with E-state index in [2.05, 4.69) is 0 Å². The lowest BCUT2D eigenvalue weighted by molar-refractivity contribution is -0.384. The molecule has 17 heavy (non-hydrogen) atoms. The van der Waals surface area contributed by atoms with E-state index in [4.69, 9.17) is 5.73 Å². The van der Waals surface area contributed by atoms with Crippen LogP contribution in [0.1, 0.15) is 18.9 Å². The molecule has 0 aliphatic heterocycles. The first-order valence-electron chi connectivity index (χ1n) is 5.17. The Labute approximate surface area is 97.2 Å². The smallest absolute Gasteiger partial charge is 0.314 e. The minimum Gasteiger partial charge on any atom is -0.481 e. The molecule has 2 rings (SSSR count). The van der Waals surface area contributed by atoms with Gasteiger partial charge in [-0.2, -0.15) is 0 Å². The number of hydrogen-bond donors (Lipinski definition) is 2. The van der Waals surface area contributed by atoms with Gasteiger partial charge in [-0.1, -0.05) is 6.92 Å². The van der Waals surface area contributed by atoms with Crippen LogP contribution in [-0.2, 0) is 10.2 Å². The lowest BCUT2D eigenvalue weighted by atomic mass is 9.91. The number of nitrogens with zero attached hydrogens (tertiary/aromatic N) is 1. The van der Waals surface area contributed by atoms with Gasteiger partial charge in [0.25, 0.3) is 5.69 Å². The fraction of sp³-hybridized carbons (Fsp3) is 0.364. The predicted molar refractivity (Wildman–Crippen MR) is 60.6 cm³/mol. The van der Waals surface area contributed by atoms with Crippen LogP contribution < -0.4 is 5.73 Å². The molecule has 1 aromatic rings. The summed E-state index contributed by atoms with van der Waals surface area (Å²) in [5, 5.41) is 19.9. The molecule has 6 heteroatoms. The topological polar surface area (TPSA) is 106 Å². The summed E-state index contributed by atoms with van der Waals surface area (Å²) < 4.78 is 0. The summed E-state index contributed by atoms with van der Waals surface area (Å²) in [5.41, 5.74) is 5.20. The molecule has 2 unspecified atom stereocenters. The SMILES string of the molecule is CC1CC1(C(=O)O)c1cc([N+](=O)[O-])ccc1N. The van der Waals surface area contributed by atoms with Gasteiger partial charge in [0.05, 0.1) is 10.3 Å². The van der Waals surface area contributed by atoms with E-state index >= 15 is 0 Å². The van der Waals surface area contributed by atoms with Gasteiger partial charge in [-0.15, -0.1) is 0 Å². The standard InChI is InChI=1S/C11H12N2O4/c1-6-5-11(6,10(14)15)8-4-7(13(16)17)2-3-9(8)12/h2-4,6H,5,12H2,1H3,(H,14,15). The van der Waals surface area contributed by atoms with E-state index in [-0.39, 0.29) is 11.6 Å². The monoisotopic (exact) mass is 236 g/mol. The second kappa shape index (κ2) is 3.44. The number of non-ortho nitro benzene ring substituents is 1.